The summed E-state index contributed by atoms with van der Waals surface area (Å²) in [6.45, 7) is 1.42. The molecule has 0 fully saturated rings. The van der Waals surface area contributed by atoms with E-state index in [0.717, 1.165) is 23.6 Å². The van der Waals surface area contributed by atoms with Crippen LogP contribution in [0.15, 0.2) is 34.9 Å². The summed E-state index contributed by atoms with van der Waals surface area (Å²) in [5, 5.41) is 3.66. The van der Waals surface area contributed by atoms with E-state index in [1.54, 1.807) is 13.2 Å². The van der Waals surface area contributed by atoms with Crippen molar-refractivity contribution >= 4 is 5.82 Å². The summed E-state index contributed by atoms with van der Waals surface area (Å²) in [5.41, 5.74) is 6.64. The molecule has 0 saturated carbocycles. The molecule has 0 saturated heterocycles. The maximum absolute atomic E-state index is 5.51. The van der Waals surface area contributed by atoms with Gasteiger partial charge in [-0.25, -0.2) is 0 Å². The molecule has 5 heteroatoms. The molecule has 18 heavy (non-hydrogen) atoms. The van der Waals surface area contributed by atoms with Crippen LogP contribution in [0, 0.1) is 0 Å². The second kappa shape index (κ2) is 5.55. The number of hydrogen-bond donors (Lipinski definition) is 1. The highest BCUT2D eigenvalue weighted by molar-refractivity contribution is 5.33. The second-order valence-electron chi connectivity index (χ2n) is 4.20. The second-order valence-corrected chi connectivity index (χ2v) is 4.20. The molecule has 1 heterocycles. The molecule has 96 valence electrons. The predicted octanol–water partition coefficient (Wildman–Crippen LogP) is 1.90. The predicted molar refractivity (Wildman–Crippen MR) is 69.1 cm³/mol. The molecular weight excluding hydrogens is 230 g/mol. The number of benzene rings is 1. The van der Waals surface area contributed by atoms with Crippen molar-refractivity contribution in [2.75, 3.05) is 19.9 Å². The van der Waals surface area contributed by atoms with Crippen molar-refractivity contribution in [2.45, 2.75) is 13.1 Å². The number of nitrogens with two attached hydrogens (primary N) is 1. The van der Waals surface area contributed by atoms with Gasteiger partial charge in [-0.1, -0.05) is 23.4 Å². The number of rotatable bonds is 5. The largest absolute Gasteiger partial charge is 0.496 e. The van der Waals surface area contributed by atoms with Gasteiger partial charge in [0, 0.05) is 18.2 Å². The first kappa shape index (κ1) is 12.4. The minimum Gasteiger partial charge on any atom is -0.496 e. The quantitative estimate of drug-likeness (QED) is 0.874. The van der Waals surface area contributed by atoms with E-state index in [1.165, 1.54) is 0 Å². The SMILES string of the molecule is COc1ccccc1CN(C)Cc1cc(N)no1. The maximum atomic E-state index is 5.51. The van der Waals surface area contributed by atoms with Crippen LogP contribution in [0.2, 0.25) is 0 Å². The van der Waals surface area contributed by atoms with Gasteiger partial charge in [-0.3, -0.25) is 4.90 Å². The third-order valence-electron chi connectivity index (χ3n) is 2.64. The Morgan fingerprint density at radius 1 is 1.33 bits per heavy atom. The van der Waals surface area contributed by atoms with Crippen LogP contribution < -0.4 is 10.5 Å². The van der Waals surface area contributed by atoms with Crippen molar-refractivity contribution in [1.82, 2.24) is 10.1 Å². The lowest BCUT2D eigenvalue weighted by Crippen LogP contribution is -2.17. The minimum atomic E-state index is 0.413. The molecule has 2 rings (SSSR count). The minimum absolute atomic E-state index is 0.413. The van der Waals surface area contributed by atoms with E-state index >= 15 is 0 Å². The molecule has 0 aliphatic heterocycles. The third-order valence-corrected chi connectivity index (χ3v) is 2.64. The summed E-state index contributed by atoms with van der Waals surface area (Å²) < 4.78 is 10.4. The van der Waals surface area contributed by atoms with Crippen LogP contribution in [0.4, 0.5) is 5.82 Å². The van der Waals surface area contributed by atoms with E-state index in [2.05, 4.69) is 10.1 Å². The van der Waals surface area contributed by atoms with Crippen molar-refractivity contribution in [3.8, 4) is 5.75 Å². The van der Waals surface area contributed by atoms with Gasteiger partial charge in [-0.2, -0.15) is 0 Å². The van der Waals surface area contributed by atoms with Gasteiger partial charge in [0.1, 0.15) is 5.75 Å². The zero-order valence-corrected chi connectivity index (χ0v) is 10.6. The monoisotopic (exact) mass is 247 g/mol. The molecule has 2 aromatic rings. The maximum Gasteiger partial charge on any atom is 0.167 e. The zero-order valence-electron chi connectivity index (χ0n) is 10.6. The number of nitrogen functional groups attached to an aromatic ring is 1. The molecule has 0 aliphatic rings. The summed E-state index contributed by atoms with van der Waals surface area (Å²) >= 11 is 0. The molecule has 1 aromatic heterocycles. The van der Waals surface area contributed by atoms with E-state index in [-0.39, 0.29) is 0 Å². The van der Waals surface area contributed by atoms with Crippen LogP contribution in [0.3, 0.4) is 0 Å². The van der Waals surface area contributed by atoms with Crippen LogP contribution in [-0.4, -0.2) is 24.2 Å². The molecule has 0 bridgehead atoms. The number of anilines is 1. The van der Waals surface area contributed by atoms with E-state index in [4.69, 9.17) is 15.0 Å². The number of hydrogen-bond acceptors (Lipinski definition) is 5. The summed E-state index contributed by atoms with van der Waals surface area (Å²) in [4.78, 5) is 2.11. The van der Waals surface area contributed by atoms with Gasteiger partial charge in [0.15, 0.2) is 11.6 Å². The fraction of sp³-hybridized carbons (Fsp3) is 0.308. The van der Waals surface area contributed by atoms with E-state index in [9.17, 15) is 0 Å². The summed E-state index contributed by atoms with van der Waals surface area (Å²) in [6, 6.07) is 9.69. The zero-order chi connectivity index (χ0) is 13.0. The molecular formula is C13H17N3O2. The standard InChI is InChI=1S/C13H17N3O2/c1-16(9-11-7-13(14)15-18-11)8-10-5-3-4-6-12(10)17-2/h3-7H,8-9H2,1-2H3,(H2,14,15). The Balaban J connectivity index is 2.00. The molecule has 0 amide bonds. The Bertz CT molecular complexity index is 510. The molecule has 1 aromatic carbocycles. The van der Waals surface area contributed by atoms with Crippen molar-refractivity contribution in [2.24, 2.45) is 0 Å². The lowest BCUT2D eigenvalue weighted by molar-refractivity contribution is 0.263. The number of aromatic nitrogens is 1. The first-order chi connectivity index (χ1) is 8.69. The highest BCUT2D eigenvalue weighted by Gasteiger charge is 2.09. The molecule has 2 N–H and O–H groups in total. The summed E-state index contributed by atoms with van der Waals surface area (Å²) in [6.07, 6.45) is 0. The first-order valence-corrected chi connectivity index (χ1v) is 5.70. The first-order valence-electron chi connectivity index (χ1n) is 5.70. The van der Waals surface area contributed by atoms with Gasteiger partial charge in [0.25, 0.3) is 0 Å². The lowest BCUT2D eigenvalue weighted by atomic mass is 10.2. The Labute approximate surface area is 106 Å². The average molecular weight is 247 g/mol. The lowest BCUT2D eigenvalue weighted by Gasteiger charge is -2.16. The van der Waals surface area contributed by atoms with Gasteiger partial charge >= 0.3 is 0 Å². The van der Waals surface area contributed by atoms with Crippen LogP contribution in [0.5, 0.6) is 5.75 Å². The Kier molecular flexibility index (Phi) is 3.84. The molecule has 0 unspecified atom stereocenters. The fourth-order valence-electron chi connectivity index (χ4n) is 1.85. The molecule has 0 spiro atoms. The fourth-order valence-corrected chi connectivity index (χ4v) is 1.85. The van der Waals surface area contributed by atoms with Crippen molar-refractivity contribution in [3.05, 3.63) is 41.7 Å². The van der Waals surface area contributed by atoms with Crippen LogP contribution >= 0.6 is 0 Å². The van der Waals surface area contributed by atoms with Gasteiger partial charge in [-0.05, 0) is 13.1 Å². The van der Waals surface area contributed by atoms with Crippen molar-refractivity contribution < 1.29 is 9.26 Å². The normalized spacial score (nSPS) is 10.8. The highest BCUT2D eigenvalue weighted by Crippen LogP contribution is 2.19. The highest BCUT2D eigenvalue weighted by atomic mass is 16.5. The van der Waals surface area contributed by atoms with Crippen LogP contribution in [0.1, 0.15) is 11.3 Å². The van der Waals surface area contributed by atoms with Crippen LogP contribution in [0.25, 0.3) is 0 Å². The van der Waals surface area contributed by atoms with Crippen LogP contribution in [-0.2, 0) is 13.1 Å². The van der Waals surface area contributed by atoms with Gasteiger partial charge in [0.05, 0.1) is 13.7 Å². The van der Waals surface area contributed by atoms with Gasteiger partial charge in [-0.15, -0.1) is 0 Å². The van der Waals surface area contributed by atoms with E-state index in [1.807, 2.05) is 31.3 Å². The van der Waals surface area contributed by atoms with Crippen molar-refractivity contribution in [3.63, 3.8) is 0 Å². The van der Waals surface area contributed by atoms with E-state index in [0.29, 0.717) is 12.4 Å². The Morgan fingerprint density at radius 2 is 2.11 bits per heavy atom. The van der Waals surface area contributed by atoms with E-state index < -0.39 is 0 Å². The molecule has 0 atom stereocenters. The smallest absolute Gasteiger partial charge is 0.167 e. The Morgan fingerprint density at radius 3 is 2.78 bits per heavy atom. The van der Waals surface area contributed by atoms with Gasteiger partial charge < -0.3 is 15.0 Å². The molecule has 0 radical (unpaired) electrons. The third kappa shape index (κ3) is 3.01. The van der Waals surface area contributed by atoms with Gasteiger partial charge in [0.2, 0.25) is 0 Å². The number of ether oxygens (including phenoxy) is 1. The molecule has 0 aliphatic carbocycles. The Hall–Kier alpha value is -2.01. The number of nitrogens with zero attached hydrogens (tertiary/aromatic N) is 2. The summed E-state index contributed by atoms with van der Waals surface area (Å²) in [7, 11) is 3.68. The van der Waals surface area contributed by atoms with Crippen molar-refractivity contribution in [1.29, 1.82) is 0 Å². The average Bonchev–Trinajstić information content (AvgIpc) is 2.75. The molecule has 5 nitrogen and oxygen atoms in total. The number of methoxy groups -OCH3 is 1. The summed E-state index contributed by atoms with van der Waals surface area (Å²) in [5.74, 6) is 2.06. The number of para-hydroxylation sites is 1. The topological polar surface area (TPSA) is 64.5 Å².